The molecular formula is C13H22O2S. The summed E-state index contributed by atoms with van der Waals surface area (Å²) >= 11 is 1.63. The Balaban J connectivity index is 2.79. The van der Waals surface area contributed by atoms with Crippen molar-refractivity contribution >= 4 is 23.3 Å². The largest absolute Gasteiger partial charge is 0.299 e. The summed E-state index contributed by atoms with van der Waals surface area (Å²) in [7, 11) is 0. The maximum Gasteiger partial charge on any atom is 0.149 e. The van der Waals surface area contributed by atoms with Crippen molar-refractivity contribution in [3.05, 3.63) is 0 Å². The van der Waals surface area contributed by atoms with E-state index in [-0.39, 0.29) is 34.6 Å². The second-order valence-corrected chi connectivity index (χ2v) is 7.09. The number of hydrogen-bond acceptors (Lipinski definition) is 3. The predicted octanol–water partition coefficient (Wildman–Crippen LogP) is 2.95. The normalized spacial score (nSPS) is 31.6. The van der Waals surface area contributed by atoms with Gasteiger partial charge in [-0.3, -0.25) is 9.59 Å². The lowest BCUT2D eigenvalue weighted by molar-refractivity contribution is -0.138. The van der Waals surface area contributed by atoms with Gasteiger partial charge in [0.1, 0.15) is 11.6 Å². The van der Waals surface area contributed by atoms with Gasteiger partial charge in [0, 0.05) is 18.3 Å². The van der Waals surface area contributed by atoms with Crippen LogP contribution in [0.25, 0.3) is 0 Å². The smallest absolute Gasteiger partial charge is 0.149 e. The van der Waals surface area contributed by atoms with Crippen LogP contribution in [0.2, 0.25) is 0 Å². The van der Waals surface area contributed by atoms with Gasteiger partial charge in [-0.05, 0) is 11.2 Å². The highest BCUT2D eigenvalue weighted by atomic mass is 32.2. The summed E-state index contributed by atoms with van der Waals surface area (Å²) in [5, 5.41) is 0.307. The zero-order valence-corrected chi connectivity index (χ0v) is 11.6. The molecule has 3 atom stereocenters. The summed E-state index contributed by atoms with van der Waals surface area (Å²) in [5.74, 6) is 0.669. The van der Waals surface area contributed by atoms with E-state index in [9.17, 15) is 9.59 Å². The highest BCUT2D eigenvalue weighted by Gasteiger charge is 2.42. The SMILES string of the molecule is CC(C)SC1CC(=O)C(C(C)C)C(C)C1=O. The molecule has 0 N–H and O–H groups in total. The summed E-state index contributed by atoms with van der Waals surface area (Å²) in [4.78, 5) is 24.2. The molecule has 0 saturated heterocycles. The van der Waals surface area contributed by atoms with E-state index in [1.54, 1.807) is 11.8 Å². The molecule has 3 heteroatoms. The topological polar surface area (TPSA) is 34.1 Å². The molecule has 3 unspecified atom stereocenters. The molecule has 2 nitrogen and oxygen atoms in total. The number of ketones is 2. The lowest BCUT2D eigenvalue weighted by Gasteiger charge is -2.34. The van der Waals surface area contributed by atoms with E-state index in [1.165, 1.54) is 0 Å². The molecule has 0 aliphatic heterocycles. The number of rotatable bonds is 3. The highest BCUT2D eigenvalue weighted by molar-refractivity contribution is 8.01. The van der Waals surface area contributed by atoms with E-state index in [1.807, 2.05) is 20.8 Å². The molecule has 92 valence electrons. The van der Waals surface area contributed by atoms with Gasteiger partial charge in [0.15, 0.2) is 0 Å². The minimum absolute atomic E-state index is 0.0588. The van der Waals surface area contributed by atoms with Crippen molar-refractivity contribution in [2.24, 2.45) is 17.8 Å². The summed E-state index contributed by atoms with van der Waals surface area (Å²) in [5.41, 5.74) is 0. The van der Waals surface area contributed by atoms with E-state index in [0.717, 1.165) is 0 Å². The first kappa shape index (κ1) is 13.8. The van der Waals surface area contributed by atoms with Crippen molar-refractivity contribution in [1.82, 2.24) is 0 Å². The third kappa shape index (κ3) is 2.88. The third-order valence-electron chi connectivity index (χ3n) is 3.22. The molecule has 0 aromatic rings. The Morgan fingerprint density at radius 3 is 2.19 bits per heavy atom. The average Bonchev–Trinajstić information content (AvgIpc) is 2.12. The molecule has 1 aliphatic carbocycles. The van der Waals surface area contributed by atoms with Gasteiger partial charge >= 0.3 is 0 Å². The monoisotopic (exact) mass is 242 g/mol. The first-order chi connectivity index (χ1) is 7.34. The Labute approximate surface area is 103 Å². The summed E-state index contributed by atoms with van der Waals surface area (Å²) in [6.45, 7) is 10.1. The maximum atomic E-state index is 12.1. The average molecular weight is 242 g/mol. The molecular weight excluding hydrogens is 220 g/mol. The number of thioether (sulfide) groups is 1. The van der Waals surface area contributed by atoms with Gasteiger partial charge in [-0.15, -0.1) is 11.8 Å². The highest BCUT2D eigenvalue weighted by Crippen LogP contribution is 2.36. The van der Waals surface area contributed by atoms with E-state index >= 15 is 0 Å². The molecule has 0 heterocycles. The molecule has 1 saturated carbocycles. The van der Waals surface area contributed by atoms with Crippen LogP contribution >= 0.6 is 11.8 Å². The Bertz CT molecular complexity index is 280. The second kappa shape index (κ2) is 5.35. The van der Waals surface area contributed by atoms with Crippen LogP contribution in [0.5, 0.6) is 0 Å². The first-order valence-electron chi connectivity index (χ1n) is 6.06. The molecule has 0 spiro atoms. The number of carbonyl (C=O) groups excluding carboxylic acids is 2. The van der Waals surface area contributed by atoms with E-state index in [2.05, 4.69) is 13.8 Å². The van der Waals surface area contributed by atoms with E-state index in [4.69, 9.17) is 0 Å². The van der Waals surface area contributed by atoms with Crippen molar-refractivity contribution < 1.29 is 9.59 Å². The predicted molar refractivity (Wildman–Crippen MR) is 68.6 cm³/mol. The molecule has 0 amide bonds. The van der Waals surface area contributed by atoms with Crippen molar-refractivity contribution in [3.8, 4) is 0 Å². The van der Waals surface area contributed by atoms with Crippen molar-refractivity contribution in [1.29, 1.82) is 0 Å². The van der Waals surface area contributed by atoms with Gasteiger partial charge in [0.05, 0.1) is 5.25 Å². The first-order valence-corrected chi connectivity index (χ1v) is 7.00. The lowest BCUT2D eigenvalue weighted by Crippen LogP contribution is -2.43. The fraction of sp³-hybridized carbons (Fsp3) is 0.846. The minimum Gasteiger partial charge on any atom is -0.299 e. The Morgan fingerprint density at radius 2 is 1.75 bits per heavy atom. The summed E-state index contributed by atoms with van der Waals surface area (Å²) < 4.78 is 0. The number of carbonyl (C=O) groups is 2. The quantitative estimate of drug-likeness (QED) is 0.763. The zero-order chi connectivity index (χ0) is 12.5. The summed E-state index contributed by atoms with van der Waals surface area (Å²) in [6.07, 6.45) is 0.439. The van der Waals surface area contributed by atoms with Gasteiger partial charge in [-0.25, -0.2) is 0 Å². The van der Waals surface area contributed by atoms with Gasteiger partial charge in [-0.1, -0.05) is 34.6 Å². The standard InChI is InChI=1S/C13H22O2S/c1-7(2)12-9(5)13(15)11(6-10(12)14)16-8(3)4/h7-9,11-12H,6H2,1-5H3. The van der Waals surface area contributed by atoms with Crippen LogP contribution < -0.4 is 0 Å². The fourth-order valence-electron chi connectivity index (χ4n) is 2.56. The van der Waals surface area contributed by atoms with Gasteiger partial charge in [0.2, 0.25) is 0 Å². The van der Waals surface area contributed by atoms with Crippen LogP contribution in [0.15, 0.2) is 0 Å². The molecule has 0 aromatic heterocycles. The van der Waals surface area contributed by atoms with Crippen LogP contribution in [-0.2, 0) is 9.59 Å². The van der Waals surface area contributed by atoms with Crippen molar-refractivity contribution in [2.75, 3.05) is 0 Å². The fourth-order valence-corrected chi connectivity index (χ4v) is 3.83. The van der Waals surface area contributed by atoms with Crippen LogP contribution in [0.4, 0.5) is 0 Å². The zero-order valence-electron chi connectivity index (χ0n) is 10.8. The van der Waals surface area contributed by atoms with Crippen LogP contribution in [0.1, 0.15) is 41.0 Å². The van der Waals surface area contributed by atoms with Crippen molar-refractivity contribution in [2.45, 2.75) is 51.5 Å². The minimum atomic E-state index is -0.0995. The van der Waals surface area contributed by atoms with Crippen molar-refractivity contribution in [3.63, 3.8) is 0 Å². The maximum absolute atomic E-state index is 12.1. The third-order valence-corrected chi connectivity index (χ3v) is 4.49. The van der Waals surface area contributed by atoms with E-state index < -0.39 is 0 Å². The molecule has 0 aromatic carbocycles. The van der Waals surface area contributed by atoms with Crippen LogP contribution in [-0.4, -0.2) is 22.1 Å². The molecule has 1 fully saturated rings. The molecule has 1 rings (SSSR count). The Hall–Kier alpha value is -0.310. The number of Topliss-reactive ketones (excluding diaryl/α,β-unsaturated/α-hetero) is 2. The molecule has 1 aliphatic rings. The Morgan fingerprint density at radius 1 is 1.19 bits per heavy atom. The molecule has 16 heavy (non-hydrogen) atoms. The lowest BCUT2D eigenvalue weighted by atomic mass is 9.73. The summed E-state index contributed by atoms with van der Waals surface area (Å²) in [6, 6.07) is 0. The molecule has 0 bridgehead atoms. The molecule has 0 radical (unpaired) electrons. The van der Waals surface area contributed by atoms with Gasteiger partial charge < -0.3 is 0 Å². The van der Waals surface area contributed by atoms with Gasteiger partial charge in [0.25, 0.3) is 0 Å². The van der Waals surface area contributed by atoms with Crippen LogP contribution in [0.3, 0.4) is 0 Å². The second-order valence-electron chi connectivity index (χ2n) is 5.30. The number of hydrogen-bond donors (Lipinski definition) is 0. The van der Waals surface area contributed by atoms with Crippen LogP contribution in [0, 0.1) is 17.8 Å². The Kier molecular flexibility index (Phi) is 4.60. The van der Waals surface area contributed by atoms with Gasteiger partial charge in [-0.2, -0.15) is 0 Å². The van der Waals surface area contributed by atoms with E-state index in [0.29, 0.717) is 11.7 Å².